The highest BCUT2D eigenvalue weighted by Gasteiger charge is 2.33. The molecule has 6 heteroatoms. The van der Waals surface area contributed by atoms with Crippen LogP contribution in [0.15, 0.2) is 23.6 Å². The van der Waals surface area contributed by atoms with Crippen molar-refractivity contribution in [2.75, 3.05) is 32.0 Å². The molecule has 2 aliphatic rings. The summed E-state index contributed by atoms with van der Waals surface area (Å²) in [6, 6.07) is 6.82. The van der Waals surface area contributed by atoms with Crippen LogP contribution in [0.3, 0.4) is 0 Å². The van der Waals surface area contributed by atoms with Gasteiger partial charge in [-0.2, -0.15) is 0 Å². The summed E-state index contributed by atoms with van der Waals surface area (Å²) in [7, 11) is 2.14. The Morgan fingerprint density at radius 2 is 2.31 bits per heavy atom. The number of thiazole rings is 1. The van der Waals surface area contributed by atoms with Gasteiger partial charge in [0, 0.05) is 49.8 Å². The third kappa shape index (κ3) is 3.92. The van der Waals surface area contributed by atoms with Crippen molar-refractivity contribution in [3.8, 4) is 0 Å². The highest BCUT2D eigenvalue weighted by molar-refractivity contribution is 7.09. The Kier molecular flexibility index (Phi) is 5.25. The third-order valence-corrected chi connectivity index (χ3v) is 6.23. The van der Waals surface area contributed by atoms with Crippen molar-refractivity contribution in [3.63, 3.8) is 0 Å². The highest BCUT2D eigenvalue weighted by atomic mass is 32.1. The number of nitrogens with zero attached hydrogens (tertiary/aromatic N) is 3. The molecule has 0 bridgehead atoms. The molecule has 0 radical (unpaired) electrons. The van der Waals surface area contributed by atoms with Crippen LogP contribution in [0.25, 0.3) is 0 Å². The van der Waals surface area contributed by atoms with Gasteiger partial charge >= 0.3 is 0 Å². The second-order valence-electron chi connectivity index (χ2n) is 7.60. The SMILES string of the molecule is Cc1nc(CN2C[C@@H](F)C[C@H]2CN(C)Cc2cccc3c2NCC3)cs1. The van der Waals surface area contributed by atoms with Crippen LogP contribution in [0.5, 0.6) is 0 Å². The Bertz CT molecular complexity index is 762. The zero-order valence-electron chi connectivity index (χ0n) is 15.5. The van der Waals surface area contributed by atoms with Gasteiger partial charge in [0.25, 0.3) is 0 Å². The number of benzene rings is 1. The Morgan fingerprint density at radius 1 is 1.42 bits per heavy atom. The van der Waals surface area contributed by atoms with E-state index >= 15 is 0 Å². The number of aryl methyl sites for hydroxylation is 1. The van der Waals surface area contributed by atoms with Crippen molar-refractivity contribution < 1.29 is 4.39 Å². The van der Waals surface area contributed by atoms with Crippen LogP contribution in [-0.2, 0) is 19.5 Å². The van der Waals surface area contributed by atoms with E-state index in [1.54, 1.807) is 11.3 Å². The fraction of sp³-hybridized carbons (Fsp3) is 0.550. The maximum atomic E-state index is 14.1. The molecular formula is C20H27FN4S. The van der Waals surface area contributed by atoms with Crippen LogP contribution in [0.1, 0.15) is 28.2 Å². The molecule has 2 aliphatic heterocycles. The molecule has 1 saturated heterocycles. The molecule has 26 heavy (non-hydrogen) atoms. The highest BCUT2D eigenvalue weighted by Crippen LogP contribution is 2.28. The lowest BCUT2D eigenvalue weighted by Gasteiger charge is -2.28. The van der Waals surface area contributed by atoms with Gasteiger partial charge in [-0.3, -0.25) is 4.90 Å². The average Bonchev–Trinajstić information content (AvgIpc) is 3.29. The minimum absolute atomic E-state index is 0.252. The fourth-order valence-corrected chi connectivity index (χ4v) is 4.86. The van der Waals surface area contributed by atoms with Crippen molar-refractivity contribution in [1.29, 1.82) is 0 Å². The summed E-state index contributed by atoms with van der Waals surface area (Å²) in [5.41, 5.74) is 5.14. The van der Waals surface area contributed by atoms with Crippen molar-refractivity contribution >= 4 is 17.0 Å². The zero-order chi connectivity index (χ0) is 18.1. The van der Waals surface area contributed by atoms with Gasteiger partial charge in [-0.15, -0.1) is 11.3 Å². The van der Waals surface area contributed by atoms with Crippen LogP contribution >= 0.6 is 11.3 Å². The van der Waals surface area contributed by atoms with Crippen molar-refractivity contribution in [1.82, 2.24) is 14.8 Å². The summed E-state index contributed by atoms with van der Waals surface area (Å²) in [6.07, 6.45) is 1.01. The quantitative estimate of drug-likeness (QED) is 0.839. The summed E-state index contributed by atoms with van der Waals surface area (Å²) in [4.78, 5) is 9.15. The van der Waals surface area contributed by atoms with E-state index in [1.807, 2.05) is 6.92 Å². The zero-order valence-corrected chi connectivity index (χ0v) is 16.4. The molecule has 0 aliphatic carbocycles. The number of likely N-dealkylation sites (N-methyl/N-ethyl adjacent to an activating group) is 1. The first-order valence-electron chi connectivity index (χ1n) is 9.41. The number of likely N-dealkylation sites (tertiary alicyclic amines) is 1. The second kappa shape index (κ2) is 7.62. The summed E-state index contributed by atoms with van der Waals surface area (Å²) >= 11 is 1.67. The minimum Gasteiger partial charge on any atom is -0.384 e. The molecule has 0 spiro atoms. The third-order valence-electron chi connectivity index (χ3n) is 5.40. The largest absolute Gasteiger partial charge is 0.384 e. The number of nitrogens with one attached hydrogen (secondary N) is 1. The van der Waals surface area contributed by atoms with Crippen molar-refractivity contribution in [3.05, 3.63) is 45.4 Å². The first-order valence-corrected chi connectivity index (χ1v) is 10.3. The number of fused-ring (bicyclic) bond motifs is 1. The number of para-hydroxylation sites is 1. The van der Waals surface area contributed by atoms with Crippen LogP contribution < -0.4 is 5.32 Å². The van der Waals surface area contributed by atoms with Gasteiger partial charge in [0.1, 0.15) is 6.17 Å². The molecule has 0 unspecified atom stereocenters. The molecule has 4 nitrogen and oxygen atoms in total. The van der Waals surface area contributed by atoms with Crippen LogP contribution in [0.4, 0.5) is 10.1 Å². The molecule has 4 rings (SSSR count). The van der Waals surface area contributed by atoms with Crippen molar-refractivity contribution in [2.45, 2.75) is 45.1 Å². The van der Waals surface area contributed by atoms with Crippen molar-refractivity contribution in [2.24, 2.45) is 0 Å². The molecule has 3 heterocycles. The number of halogens is 1. The average molecular weight is 375 g/mol. The fourth-order valence-electron chi connectivity index (χ4n) is 4.25. The molecule has 0 amide bonds. The predicted octanol–water partition coefficient (Wildman–Crippen LogP) is 3.46. The summed E-state index contributed by atoms with van der Waals surface area (Å²) in [5.74, 6) is 0. The number of anilines is 1. The molecule has 1 aromatic heterocycles. The van der Waals surface area contributed by atoms with Gasteiger partial charge in [0.15, 0.2) is 0 Å². The lowest BCUT2D eigenvalue weighted by Crippen LogP contribution is -2.38. The first-order chi connectivity index (χ1) is 12.6. The number of rotatable bonds is 6. The van der Waals surface area contributed by atoms with Gasteiger partial charge in [-0.05, 0) is 37.9 Å². The van der Waals surface area contributed by atoms with E-state index < -0.39 is 6.17 Å². The van der Waals surface area contributed by atoms with Crippen LogP contribution in [0.2, 0.25) is 0 Å². The Balaban J connectivity index is 1.39. The van der Waals surface area contributed by atoms with E-state index in [0.717, 1.165) is 43.3 Å². The van der Waals surface area contributed by atoms with E-state index in [2.05, 4.69) is 50.7 Å². The molecule has 0 saturated carbocycles. The van der Waals surface area contributed by atoms with Crippen LogP contribution in [0, 0.1) is 6.92 Å². The van der Waals surface area contributed by atoms with E-state index in [4.69, 9.17) is 0 Å². The van der Waals surface area contributed by atoms with Gasteiger partial charge in [0.2, 0.25) is 0 Å². The predicted molar refractivity (Wildman–Crippen MR) is 106 cm³/mol. The number of hydrogen-bond acceptors (Lipinski definition) is 5. The Morgan fingerprint density at radius 3 is 3.12 bits per heavy atom. The van der Waals surface area contributed by atoms with Gasteiger partial charge < -0.3 is 10.2 Å². The van der Waals surface area contributed by atoms with Gasteiger partial charge in [-0.1, -0.05) is 18.2 Å². The lowest BCUT2D eigenvalue weighted by molar-refractivity contribution is 0.179. The standard InChI is InChI=1S/C20H27FN4S/c1-14-23-18(13-26-14)11-25-10-17(21)8-19(25)12-24(2)9-16-5-3-4-15-6-7-22-20(15)16/h3-5,13,17,19,22H,6-12H2,1-2H3/t17-,19-/m0/s1. The van der Waals surface area contributed by atoms with E-state index in [1.165, 1.54) is 16.8 Å². The molecule has 140 valence electrons. The van der Waals surface area contributed by atoms with E-state index in [9.17, 15) is 4.39 Å². The molecule has 2 aromatic rings. The molecule has 2 atom stereocenters. The summed E-state index contributed by atoms with van der Waals surface area (Å²) in [6.45, 7) is 6.11. The molecule has 1 N–H and O–H groups in total. The summed E-state index contributed by atoms with van der Waals surface area (Å²) in [5, 5.41) is 6.69. The van der Waals surface area contributed by atoms with E-state index in [0.29, 0.717) is 13.0 Å². The molecular weight excluding hydrogens is 347 g/mol. The number of alkyl halides is 1. The van der Waals surface area contributed by atoms with Gasteiger partial charge in [-0.25, -0.2) is 9.37 Å². The summed E-state index contributed by atoms with van der Waals surface area (Å²) < 4.78 is 14.1. The minimum atomic E-state index is -0.726. The lowest BCUT2D eigenvalue weighted by atomic mass is 10.1. The van der Waals surface area contributed by atoms with Crippen LogP contribution in [-0.4, -0.2) is 53.7 Å². The maximum absolute atomic E-state index is 14.1. The Labute approximate surface area is 159 Å². The second-order valence-corrected chi connectivity index (χ2v) is 8.66. The van der Waals surface area contributed by atoms with Gasteiger partial charge in [0.05, 0.1) is 10.7 Å². The van der Waals surface area contributed by atoms with E-state index in [-0.39, 0.29) is 6.04 Å². The first kappa shape index (κ1) is 17.9. The monoisotopic (exact) mass is 374 g/mol. The molecule has 1 aromatic carbocycles. The normalized spacial score (nSPS) is 22.8. The molecule has 1 fully saturated rings. The smallest absolute Gasteiger partial charge is 0.114 e. The number of hydrogen-bond donors (Lipinski definition) is 1. The Hall–Kier alpha value is -1.50. The maximum Gasteiger partial charge on any atom is 0.114 e. The topological polar surface area (TPSA) is 31.4 Å². The number of aromatic nitrogens is 1.